The average Bonchev–Trinajstić information content (AvgIpc) is 2.30. The number of carbonyl (C=O) groups is 1. The topological polar surface area (TPSA) is 64.4 Å². The van der Waals surface area contributed by atoms with Crippen LogP contribution in [0.1, 0.15) is 13.3 Å². The molecule has 1 atom stereocenters. The Morgan fingerprint density at radius 3 is 2.47 bits per heavy atom. The Morgan fingerprint density at radius 1 is 1.41 bits per heavy atom. The SMILES string of the molecule is CC[C@@H](N)C(=O)Nc1ccc(OC(F)F)cc1. The van der Waals surface area contributed by atoms with E-state index in [0.717, 1.165) is 0 Å². The summed E-state index contributed by atoms with van der Waals surface area (Å²) in [6, 6.07) is 5.06. The summed E-state index contributed by atoms with van der Waals surface area (Å²) in [4.78, 5) is 11.4. The molecule has 0 saturated heterocycles. The summed E-state index contributed by atoms with van der Waals surface area (Å²) in [6.45, 7) is -1.06. The second kappa shape index (κ2) is 6.15. The smallest absolute Gasteiger partial charge is 0.387 e. The molecule has 0 radical (unpaired) electrons. The lowest BCUT2D eigenvalue weighted by molar-refractivity contribution is -0.117. The maximum absolute atomic E-state index is 11.9. The van der Waals surface area contributed by atoms with Crippen molar-refractivity contribution in [3.63, 3.8) is 0 Å². The molecule has 3 N–H and O–H groups in total. The van der Waals surface area contributed by atoms with Crippen molar-refractivity contribution < 1.29 is 18.3 Å². The molecule has 0 aliphatic rings. The number of rotatable bonds is 5. The van der Waals surface area contributed by atoms with Gasteiger partial charge in [-0.25, -0.2) is 0 Å². The standard InChI is InChI=1S/C11H14F2N2O2/c1-2-9(14)10(16)15-7-3-5-8(6-4-7)17-11(12)13/h3-6,9,11H,2,14H2,1H3,(H,15,16)/t9-/m1/s1. The number of benzene rings is 1. The molecule has 0 aliphatic heterocycles. The highest BCUT2D eigenvalue weighted by Crippen LogP contribution is 2.17. The fraction of sp³-hybridized carbons (Fsp3) is 0.364. The molecule has 1 aromatic rings. The molecule has 1 amide bonds. The fourth-order valence-corrected chi connectivity index (χ4v) is 1.14. The summed E-state index contributed by atoms with van der Waals surface area (Å²) in [6.07, 6.45) is 0.526. The quantitative estimate of drug-likeness (QED) is 0.832. The minimum atomic E-state index is -2.86. The molecular formula is C11H14F2N2O2. The first-order chi connectivity index (χ1) is 8.02. The normalized spacial score (nSPS) is 12.3. The van der Waals surface area contributed by atoms with Crippen LogP contribution < -0.4 is 15.8 Å². The molecule has 1 aromatic carbocycles. The number of hydrogen-bond acceptors (Lipinski definition) is 3. The molecule has 0 saturated carbocycles. The number of anilines is 1. The van der Waals surface area contributed by atoms with E-state index in [9.17, 15) is 13.6 Å². The van der Waals surface area contributed by atoms with Crippen LogP contribution in [0.25, 0.3) is 0 Å². The van der Waals surface area contributed by atoms with Gasteiger partial charge in [-0.2, -0.15) is 8.78 Å². The Labute approximate surface area is 97.8 Å². The predicted molar refractivity (Wildman–Crippen MR) is 60.0 cm³/mol. The largest absolute Gasteiger partial charge is 0.435 e. The lowest BCUT2D eigenvalue weighted by Crippen LogP contribution is -2.34. The number of carbonyl (C=O) groups excluding carboxylic acids is 1. The molecule has 1 rings (SSSR count). The zero-order chi connectivity index (χ0) is 12.8. The van der Waals surface area contributed by atoms with Crippen LogP contribution in [0.4, 0.5) is 14.5 Å². The van der Waals surface area contributed by atoms with Crippen molar-refractivity contribution in [3.8, 4) is 5.75 Å². The van der Waals surface area contributed by atoms with Crippen molar-refractivity contribution in [3.05, 3.63) is 24.3 Å². The van der Waals surface area contributed by atoms with E-state index >= 15 is 0 Å². The molecule has 0 bridgehead atoms. The summed E-state index contributed by atoms with van der Waals surface area (Å²) in [5, 5.41) is 2.57. The van der Waals surface area contributed by atoms with E-state index in [1.165, 1.54) is 24.3 Å². The van der Waals surface area contributed by atoms with E-state index in [4.69, 9.17) is 5.73 Å². The highest BCUT2D eigenvalue weighted by molar-refractivity contribution is 5.94. The van der Waals surface area contributed by atoms with Gasteiger partial charge in [0.05, 0.1) is 6.04 Å². The van der Waals surface area contributed by atoms with Crippen molar-refractivity contribution in [1.82, 2.24) is 0 Å². The van der Waals surface area contributed by atoms with Crippen LogP contribution in [0.3, 0.4) is 0 Å². The van der Waals surface area contributed by atoms with Gasteiger partial charge < -0.3 is 15.8 Å². The Kier molecular flexibility index (Phi) is 4.84. The van der Waals surface area contributed by atoms with Crippen molar-refractivity contribution >= 4 is 11.6 Å². The zero-order valence-corrected chi connectivity index (χ0v) is 9.32. The van der Waals surface area contributed by atoms with E-state index in [1.807, 2.05) is 0 Å². The third kappa shape index (κ3) is 4.36. The Hall–Kier alpha value is -1.69. The van der Waals surface area contributed by atoms with Crippen molar-refractivity contribution in [2.24, 2.45) is 5.73 Å². The van der Waals surface area contributed by atoms with Crippen LogP contribution in [0.2, 0.25) is 0 Å². The second-order valence-electron chi connectivity index (χ2n) is 3.41. The number of amides is 1. The van der Waals surface area contributed by atoms with Gasteiger partial charge in [0, 0.05) is 5.69 Å². The summed E-state index contributed by atoms with van der Waals surface area (Å²) >= 11 is 0. The third-order valence-electron chi connectivity index (χ3n) is 2.12. The molecule has 0 unspecified atom stereocenters. The van der Waals surface area contributed by atoms with Crippen LogP contribution in [0.15, 0.2) is 24.3 Å². The summed E-state index contributed by atoms with van der Waals surface area (Å²) < 4.78 is 27.9. The lowest BCUT2D eigenvalue weighted by Gasteiger charge is -2.10. The molecule has 4 nitrogen and oxygen atoms in total. The number of nitrogens with two attached hydrogens (primary N) is 1. The Balaban J connectivity index is 2.59. The van der Waals surface area contributed by atoms with E-state index in [2.05, 4.69) is 10.1 Å². The number of nitrogens with one attached hydrogen (secondary N) is 1. The van der Waals surface area contributed by atoms with Crippen molar-refractivity contribution in [1.29, 1.82) is 0 Å². The number of ether oxygens (including phenoxy) is 1. The first-order valence-electron chi connectivity index (χ1n) is 5.14. The minimum Gasteiger partial charge on any atom is -0.435 e. The second-order valence-corrected chi connectivity index (χ2v) is 3.41. The molecule has 0 aliphatic carbocycles. The number of alkyl halides is 2. The van der Waals surface area contributed by atoms with Crippen molar-refractivity contribution in [2.45, 2.75) is 26.0 Å². The monoisotopic (exact) mass is 244 g/mol. The summed E-state index contributed by atoms with van der Waals surface area (Å²) in [7, 11) is 0. The predicted octanol–water partition coefficient (Wildman–Crippen LogP) is 1.96. The maximum Gasteiger partial charge on any atom is 0.387 e. The van der Waals surface area contributed by atoms with E-state index < -0.39 is 12.7 Å². The Morgan fingerprint density at radius 2 is 2.00 bits per heavy atom. The van der Waals surface area contributed by atoms with Gasteiger partial charge in [0.25, 0.3) is 0 Å². The van der Waals surface area contributed by atoms with Gasteiger partial charge in [-0.05, 0) is 30.7 Å². The van der Waals surface area contributed by atoms with Crippen molar-refractivity contribution in [2.75, 3.05) is 5.32 Å². The molecular weight excluding hydrogens is 230 g/mol. The molecule has 17 heavy (non-hydrogen) atoms. The molecule has 0 fully saturated rings. The van der Waals surface area contributed by atoms with Gasteiger partial charge in [-0.1, -0.05) is 6.92 Å². The minimum absolute atomic E-state index is 0.0396. The molecule has 0 heterocycles. The Bertz CT molecular complexity index is 368. The van der Waals surface area contributed by atoms with Gasteiger partial charge in [0.15, 0.2) is 0 Å². The number of halogens is 2. The van der Waals surface area contributed by atoms with Gasteiger partial charge >= 0.3 is 6.61 Å². The van der Waals surface area contributed by atoms with E-state index in [-0.39, 0.29) is 11.7 Å². The highest BCUT2D eigenvalue weighted by atomic mass is 19.3. The lowest BCUT2D eigenvalue weighted by atomic mass is 10.2. The molecule has 0 spiro atoms. The van der Waals surface area contributed by atoms with Gasteiger partial charge in [0.2, 0.25) is 5.91 Å². The molecule has 6 heteroatoms. The number of hydrogen-bond donors (Lipinski definition) is 2. The first-order valence-corrected chi connectivity index (χ1v) is 5.14. The first kappa shape index (κ1) is 13.4. The summed E-state index contributed by atoms with van der Waals surface area (Å²) in [5.41, 5.74) is 6.01. The van der Waals surface area contributed by atoms with Gasteiger partial charge in [-0.3, -0.25) is 4.79 Å². The van der Waals surface area contributed by atoms with E-state index in [1.54, 1.807) is 6.92 Å². The third-order valence-corrected chi connectivity index (χ3v) is 2.12. The van der Waals surface area contributed by atoms with Crippen LogP contribution >= 0.6 is 0 Å². The van der Waals surface area contributed by atoms with Crippen LogP contribution in [0, 0.1) is 0 Å². The molecule has 94 valence electrons. The highest BCUT2D eigenvalue weighted by Gasteiger charge is 2.11. The average molecular weight is 244 g/mol. The van der Waals surface area contributed by atoms with E-state index in [0.29, 0.717) is 12.1 Å². The van der Waals surface area contributed by atoms with Crippen LogP contribution in [-0.4, -0.2) is 18.6 Å². The molecule has 0 aromatic heterocycles. The van der Waals surface area contributed by atoms with Crippen LogP contribution in [-0.2, 0) is 4.79 Å². The zero-order valence-electron chi connectivity index (χ0n) is 9.32. The maximum atomic E-state index is 11.9. The summed E-state index contributed by atoms with van der Waals surface area (Å²) in [5.74, 6) is -0.271. The van der Waals surface area contributed by atoms with Crippen LogP contribution in [0.5, 0.6) is 5.75 Å². The fourth-order valence-electron chi connectivity index (χ4n) is 1.14. The van der Waals surface area contributed by atoms with Gasteiger partial charge in [-0.15, -0.1) is 0 Å². The van der Waals surface area contributed by atoms with Gasteiger partial charge in [0.1, 0.15) is 5.75 Å².